The first-order chi connectivity index (χ1) is 8.66. The van der Waals surface area contributed by atoms with Crippen molar-refractivity contribution in [1.82, 2.24) is 20.6 Å². The van der Waals surface area contributed by atoms with Gasteiger partial charge in [-0.15, -0.1) is 0 Å². The first-order valence-corrected chi connectivity index (χ1v) is 6.26. The molecule has 3 heterocycles. The Kier molecular flexibility index (Phi) is 2.83. The summed E-state index contributed by atoms with van der Waals surface area (Å²) in [6.45, 7) is 4.94. The molecule has 18 heavy (non-hydrogen) atoms. The van der Waals surface area contributed by atoms with E-state index in [0.717, 1.165) is 24.6 Å². The van der Waals surface area contributed by atoms with Gasteiger partial charge in [0, 0.05) is 24.9 Å². The third-order valence-corrected chi connectivity index (χ3v) is 3.64. The van der Waals surface area contributed by atoms with Crippen LogP contribution < -0.4 is 10.6 Å². The summed E-state index contributed by atoms with van der Waals surface area (Å²) < 4.78 is 5.17. The number of H-pyrrole nitrogens is 1. The first kappa shape index (κ1) is 11.7. The summed E-state index contributed by atoms with van der Waals surface area (Å²) in [5.74, 6) is 0.0526. The Labute approximate surface area is 106 Å². The highest BCUT2D eigenvalue weighted by molar-refractivity contribution is 5.82. The zero-order chi connectivity index (χ0) is 12.6. The lowest BCUT2D eigenvalue weighted by atomic mass is 9.88. The quantitative estimate of drug-likeness (QED) is 0.680. The molecule has 1 aromatic rings. The number of nitrogens with one attached hydrogen (secondary N) is 3. The second-order valence-corrected chi connectivity index (χ2v) is 5.49. The van der Waals surface area contributed by atoms with Crippen LogP contribution in [-0.2, 0) is 22.5 Å². The summed E-state index contributed by atoms with van der Waals surface area (Å²) >= 11 is 0. The molecule has 6 heteroatoms. The van der Waals surface area contributed by atoms with Gasteiger partial charge in [-0.25, -0.2) is 4.98 Å². The topological polar surface area (TPSA) is 79.0 Å². The Morgan fingerprint density at radius 3 is 3.22 bits per heavy atom. The summed E-state index contributed by atoms with van der Waals surface area (Å²) in [7, 11) is 0. The number of aromatic nitrogens is 2. The summed E-state index contributed by atoms with van der Waals surface area (Å²) in [5.41, 5.74) is 2.19. The van der Waals surface area contributed by atoms with Gasteiger partial charge in [0.05, 0.1) is 37.0 Å². The van der Waals surface area contributed by atoms with Crippen LogP contribution in [0.3, 0.4) is 0 Å². The number of fused-ring (bicyclic) bond motifs is 1. The van der Waals surface area contributed by atoms with Crippen molar-refractivity contribution in [1.29, 1.82) is 0 Å². The average Bonchev–Trinajstić information content (AvgIpc) is 2.80. The molecule has 2 aliphatic heterocycles. The fraction of sp³-hybridized carbons (Fsp3) is 0.667. The van der Waals surface area contributed by atoms with Crippen LogP contribution >= 0.6 is 0 Å². The van der Waals surface area contributed by atoms with E-state index in [4.69, 9.17) is 4.74 Å². The van der Waals surface area contributed by atoms with E-state index in [1.54, 1.807) is 6.33 Å². The molecule has 0 aromatic carbocycles. The number of hydrogen-bond acceptors (Lipinski definition) is 4. The van der Waals surface area contributed by atoms with Crippen molar-refractivity contribution in [2.75, 3.05) is 19.8 Å². The summed E-state index contributed by atoms with van der Waals surface area (Å²) in [6.07, 6.45) is 2.33. The van der Waals surface area contributed by atoms with E-state index >= 15 is 0 Å². The zero-order valence-electron chi connectivity index (χ0n) is 10.5. The Morgan fingerprint density at radius 2 is 2.50 bits per heavy atom. The van der Waals surface area contributed by atoms with Gasteiger partial charge in [0.15, 0.2) is 0 Å². The van der Waals surface area contributed by atoms with Gasteiger partial charge in [-0.1, -0.05) is 6.92 Å². The van der Waals surface area contributed by atoms with Crippen LogP contribution in [0.1, 0.15) is 18.3 Å². The molecule has 1 unspecified atom stereocenters. The predicted molar refractivity (Wildman–Crippen MR) is 64.9 cm³/mol. The lowest BCUT2D eigenvalue weighted by Gasteiger charge is -2.38. The predicted octanol–water partition coefficient (Wildman–Crippen LogP) is -0.423. The number of amides is 1. The molecule has 6 nitrogen and oxygen atoms in total. The molecule has 3 N–H and O–H groups in total. The van der Waals surface area contributed by atoms with Crippen molar-refractivity contribution >= 4 is 5.91 Å². The number of nitrogens with zero attached hydrogens (tertiary/aromatic N) is 1. The maximum atomic E-state index is 12.1. The van der Waals surface area contributed by atoms with Crippen molar-refractivity contribution in [3.63, 3.8) is 0 Å². The Balaban J connectivity index is 1.54. The fourth-order valence-electron chi connectivity index (χ4n) is 2.33. The van der Waals surface area contributed by atoms with Crippen molar-refractivity contribution in [2.45, 2.75) is 25.9 Å². The molecule has 0 spiro atoms. The van der Waals surface area contributed by atoms with Gasteiger partial charge in [-0.05, 0) is 0 Å². The van der Waals surface area contributed by atoms with Crippen molar-refractivity contribution in [3.05, 3.63) is 17.7 Å². The number of ether oxygens (including phenoxy) is 1. The lowest BCUT2D eigenvalue weighted by molar-refractivity contribution is -0.128. The third-order valence-electron chi connectivity index (χ3n) is 3.64. The standard InChI is InChI=1S/C12H18N4O2/c1-12(5-18-6-12)4-14-11(17)9-2-8-10(3-13-9)16-7-15-8/h7,9,13H,2-6H2,1H3,(H,14,17)(H,15,16). The van der Waals surface area contributed by atoms with Gasteiger partial charge in [0.2, 0.25) is 5.91 Å². The number of rotatable bonds is 3. The first-order valence-electron chi connectivity index (χ1n) is 6.26. The molecule has 1 amide bonds. The monoisotopic (exact) mass is 250 g/mol. The number of hydrogen-bond donors (Lipinski definition) is 3. The van der Waals surface area contributed by atoms with E-state index < -0.39 is 0 Å². The summed E-state index contributed by atoms with van der Waals surface area (Å²) in [5, 5.41) is 6.22. The number of carbonyl (C=O) groups excluding carboxylic acids is 1. The maximum absolute atomic E-state index is 12.1. The van der Waals surface area contributed by atoms with E-state index in [1.807, 2.05) is 0 Å². The van der Waals surface area contributed by atoms with Crippen molar-refractivity contribution in [2.24, 2.45) is 5.41 Å². The van der Waals surface area contributed by atoms with E-state index in [2.05, 4.69) is 27.5 Å². The van der Waals surface area contributed by atoms with Crippen molar-refractivity contribution in [3.8, 4) is 0 Å². The molecule has 0 aliphatic carbocycles. The molecule has 98 valence electrons. The zero-order valence-corrected chi connectivity index (χ0v) is 10.5. The third kappa shape index (κ3) is 2.13. The number of aromatic amines is 1. The van der Waals surface area contributed by atoms with Crippen LogP contribution in [-0.4, -0.2) is 41.7 Å². The molecule has 1 atom stereocenters. The van der Waals surface area contributed by atoms with Gasteiger partial charge < -0.3 is 15.0 Å². The highest BCUT2D eigenvalue weighted by Crippen LogP contribution is 2.25. The van der Waals surface area contributed by atoms with Crippen LogP contribution in [0.2, 0.25) is 0 Å². The minimum absolute atomic E-state index is 0.0526. The van der Waals surface area contributed by atoms with E-state index in [9.17, 15) is 4.79 Å². The highest BCUT2D eigenvalue weighted by Gasteiger charge is 2.34. The second-order valence-electron chi connectivity index (χ2n) is 5.49. The Morgan fingerprint density at radius 1 is 1.67 bits per heavy atom. The molecule has 3 rings (SSSR count). The lowest BCUT2D eigenvalue weighted by Crippen LogP contribution is -2.53. The fourth-order valence-corrected chi connectivity index (χ4v) is 2.33. The number of carbonyl (C=O) groups is 1. The van der Waals surface area contributed by atoms with E-state index in [1.165, 1.54) is 0 Å². The van der Waals surface area contributed by atoms with Crippen LogP contribution in [0, 0.1) is 5.41 Å². The molecule has 0 bridgehead atoms. The molecule has 0 radical (unpaired) electrons. The number of imidazole rings is 1. The van der Waals surface area contributed by atoms with Gasteiger partial charge in [-0.3, -0.25) is 10.1 Å². The van der Waals surface area contributed by atoms with Gasteiger partial charge in [0.1, 0.15) is 0 Å². The smallest absolute Gasteiger partial charge is 0.237 e. The maximum Gasteiger partial charge on any atom is 0.237 e. The normalized spacial score (nSPS) is 25.1. The molecule has 1 fully saturated rings. The van der Waals surface area contributed by atoms with Gasteiger partial charge in [0.25, 0.3) is 0 Å². The van der Waals surface area contributed by atoms with Gasteiger partial charge in [-0.2, -0.15) is 0 Å². The SMILES string of the molecule is CC1(CNC(=O)C2Cc3nc[nH]c3CN2)COC1. The second kappa shape index (κ2) is 4.37. The Bertz CT molecular complexity index is 453. The van der Waals surface area contributed by atoms with Crippen LogP contribution in [0.25, 0.3) is 0 Å². The molecule has 1 saturated heterocycles. The molecule has 2 aliphatic rings. The molecular formula is C12H18N4O2. The molecular weight excluding hydrogens is 232 g/mol. The highest BCUT2D eigenvalue weighted by atomic mass is 16.5. The largest absolute Gasteiger partial charge is 0.380 e. The minimum atomic E-state index is -0.176. The van der Waals surface area contributed by atoms with Crippen LogP contribution in [0.15, 0.2) is 6.33 Å². The van der Waals surface area contributed by atoms with E-state index in [-0.39, 0.29) is 17.4 Å². The minimum Gasteiger partial charge on any atom is -0.380 e. The molecule has 0 saturated carbocycles. The van der Waals surface area contributed by atoms with Crippen LogP contribution in [0.4, 0.5) is 0 Å². The Hall–Kier alpha value is -1.40. The average molecular weight is 250 g/mol. The summed E-state index contributed by atoms with van der Waals surface area (Å²) in [6, 6.07) is -0.176. The molecule has 1 aromatic heterocycles. The van der Waals surface area contributed by atoms with Crippen molar-refractivity contribution < 1.29 is 9.53 Å². The summed E-state index contributed by atoms with van der Waals surface area (Å²) in [4.78, 5) is 19.4. The van der Waals surface area contributed by atoms with Gasteiger partial charge >= 0.3 is 0 Å². The van der Waals surface area contributed by atoms with E-state index in [0.29, 0.717) is 19.5 Å². The van der Waals surface area contributed by atoms with Crippen LogP contribution in [0.5, 0.6) is 0 Å².